The van der Waals surface area contributed by atoms with Crippen LogP contribution in [0.4, 0.5) is 0 Å². The van der Waals surface area contributed by atoms with Crippen LogP contribution in [-0.4, -0.2) is 11.5 Å². The van der Waals surface area contributed by atoms with Gasteiger partial charge >= 0.3 is 0 Å². The van der Waals surface area contributed by atoms with Crippen LogP contribution in [0.1, 0.15) is 33.1 Å². The Balaban J connectivity index is 2.07. The van der Waals surface area contributed by atoms with Crippen molar-refractivity contribution < 1.29 is 4.74 Å². The molecule has 0 N–H and O–H groups in total. The van der Waals surface area contributed by atoms with Gasteiger partial charge in [0.2, 0.25) is 0 Å². The van der Waals surface area contributed by atoms with E-state index >= 15 is 0 Å². The second kappa shape index (κ2) is 5.19. The molecule has 0 heterocycles. The summed E-state index contributed by atoms with van der Waals surface area (Å²) in [5.41, 5.74) is 0.161. The molecule has 0 bridgehead atoms. The van der Waals surface area contributed by atoms with Crippen molar-refractivity contribution in [3.05, 3.63) is 28.7 Å². The number of halogens is 2. The van der Waals surface area contributed by atoms with Gasteiger partial charge in [-0.3, -0.25) is 0 Å². The summed E-state index contributed by atoms with van der Waals surface area (Å²) in [6, 6.07) is 8.01. The van der Waals surface area contributed by atoms with Crippen LogP contribution in [0, 0.1) is 5.41 Å². The molecule has 1 aliphatic rings. The SMILES string of the molecule is CCC1(CC)C(Cl)CC1Oc1ccc(Br)cc1. The van der Waals surface area contributed by atoms with Crippen molar-refractivity contribution in [3.8, 4) is 5.75 Å². The Morgan fingerprint density at radius 2 is 1.88 bits per heavy atom. The molecule has 1 nitrogen and oxygen atoms in total. The van der Waals surface area contributed by atoms with E-state index < -0.39 is 0 Å². The smallest absolute Gasteiger partial charge is 0.119 e. The van der Waals surface area contributed by atoms with E-state index in [1.165, 1.54) is 0 Å². The zero-order chi connectivity index (χ0) is 12.5. The van der Waals surface area contributed by atoms with Crippen LogP contribution in [0.25, 0.3) is 0 Å². The van der Waals surface area contributed by atoms with Crippen molar-refractivity contribution >= 4 is 27.5 Å². The van der Waals surface area contributed by atoms with Crippen LogP contribution in [0.5, 0.6) is 5.75 Å². The van der Waals surface area contributed by atoms with E-state index in [2.05, 4.69) is 29.8 Å². The van der Waals surface area contributed by atoms with Gasteiger partial charge in [-0.15, -0.1) is 11.6 Å². The van der Waals surface area contributed by atoms with Gasteiger partial charge in [0.15, 0.2) is 0 Å². The molecule has 94 valence electrons. The normalized spacial score (nSPS) is 26.4. The first-order valence-corrected chi connectivity index (χ1v) is 7.41. The molecule has 3 heteroatoms. The number of ether oxygens (including phenoxy) is 1. The van der Waals surface area contributed by atoms with E-state index in [1.54, 1.807) is 0 Å². The quantitative estimate of drug-likeness (QED) is 0.709. The van der Waals surface area contributed by atoms with E-state index in [4.69, 9.17) is 16.3 Å². The minimum Gasteiger partial charge on any atom is -0.490 e. The van der Waals surface area contributed by atoms with Gasteiger partial charge in [-0.1, -0.05) is 29.8 Å². The fourth-order valence-electron chi connectivity index (χ4n) is 2.69. The first-order chi connectivity index (χ1) is 8.12. The van der Waals surface area contributed by atoms with E-state index in [0.29, 0.717) is 0 Å². The molecular formula is C14H18BrClO. The van der Waals surface area contributed by atoms with Gasteiger partial charge in [0.1, 0.15) is 11.9 Å². The van der Waals surface area contributed by atoms with Crippen molar-refractivity contribution in [3.63, 3.8) is 0 Å². The number of benzene rings is 1. The highest BCUT2D eigenvalue weighted by molar-refractivity contribution is 9.10. The maximum atomic E-state index is 6.37. The lowest BCUT2D eigenvalue weighted by Gasteiger charge is -2.52. The summed E-state index contributed by atoms with van der Waals surface area (Å²) < 4.78 is 7.14. The van der Waals surface area contributed by atoms with Crippen LogP contribution in [0.15, 0.2) is 28.7 Å². The number of rotatable bonds is 4. The molecule has 1 saturated carbocycles. The summed E-state index contributed by atoms with van der Waals surface area (Å²) in [4.78, 5) is 0. The predicted molar refractivity (Wildman–Crippen MR) is 75.8 cm³/mol. The fraction of sp³-hybridized carbons (Fsp3) is 0.571. The van der Waals surface area contributed by atoms with Crippen LogP contribution in [0.3, 0.4) is 0 Å². The standard InChI is InChI=1S/C14H18BrClO/c1-3-14(4-2)12(16)9-13(14)17-11-7-5-10(15)6-8-11/h5-8,12-13H,3-4,9H2,1-2H3. The minimum atomic E-state index is 0.161. The Kier molecular flexibility index (Phi) is 4.04. The summed E-state index contributed by atoms with van der Waals surface area (Å²) in [7, 11) is 0. The highest BCUT2D eigenvalue weighted by atomic mass is 79.9. The summed E-state index contributed by atoms with van der Waals surface area (Å²) in [6.07, 6.45) is 3.39. The van der Waals surface area contributed by atoms with Crippen molar-refractivity contribution in [2.45, 2.75) is 44.6 Å². The van der Waals surface area contributed by atoms with Crippen LogP contribution in [-0.2, 0) is 0 Å². The number of hydrogen-bond acceptors (Lipinski definition) is 1. The maximum absolute atomic E-state index is 6.37. The fourth-order valence-corrected chi connectivity index (χ4v) is 3.57. The van der Waals surface area contributed by atoms with E-state index in [1.807, 2.05) is 24.3 Å². The van der Waals surface area contributed by atoms with E-state index in [9.17, 15) is 0 Å². The second-order valence-electron chi connectivity index (χ2n) is 4.70. The minimum absolute atomic E-state index is 0.161. The van der Waals surface area contributed by atoms with Crippen LogP contribution in [0.2, 0.25) is 0 Å². The zero-order valence-electron chi connectivity index (χ0n) is 10.2. The third-order valence-corrected chi connectivity index (χ3v) is 5.24. The van der Waals surface area contributed by atoms with E-state index in [0.717, 1.165) is 29.5 Å². The third-order valence-electron chi connectivity index (χ3n) is 4.09. The third kappa shape index (κ3) is 2.34. The van der Waals surface area contributed by atoms with Gasteiger partial charge in [0.05, 0.1) is 0 Å². The maximum Gasteiger partial charge on any atom is 0.119 e. The molecule has 0 amide bonds. The molecular weight excluding hydrogens is 300 g/mol. The second-order valence-corrected chi connectivity index (χ2v) is 6.15. The highest BCUT2D eigenvalue weighted by Gasteiger charge is 2.53. The lowest BCUT2D eigenvalue weighted by Crippen LogP contribution is -2.56. The number of alkyl halides is 1. The lowest BCUT2D eigenvalue weighted by molar-refractivity contribution is -0.0462. The molecule has 1 fully saturated rings. The highest BCUT2D eigenvalue weighted by Crippen LogP contribution is 2.51. The molecule has 2 rings (SSSR count). The zero-order valence-corrected chi connectivity index (χ0v) is 12.6. The topological polar surface area (TPSA) is 9.23 Å². The molecule has 0 spiro atoms. The Morgan fingerprint density at radius 3 is 2.35 bits per heavy atom. The summed E-state index contributed by atoms with van der Waals surface area (Å²) >= 11 is 9.80. The lowest BCUT2D eigenvalue weighted by atomic mass is 9.62. The first kappa shape index (κ1) is 13.2. The van der Waals surface area contributed by atoms with E-state index in [-0.39, 0.29) is 16.9 Å². The molecule has 1 aromatic rings. The predicted octanol–water partition coefficient (Wildman–Crippen LogP) is 5.01. The largest absolute Gasteiger partial charge is 0.490 e. The van der Waals surface area contributed by atoms with Gasteiger partial charge in [-0.25, -0.2) is 0 Å². The van der Waals surface area contributed by atoms with Crippen LogP contribution >= 0.6 is 27.5 Å². The molecule has 0 radical (unpaired) electrons. The Morgan fingerprint density at radius 1 is 1.29 bits per heavy atom. The summed E-state index contributed by atoms with van der Waals surface area (Å²) in [5, 5.41) is 0.262. The average Bonchev–Trinajstić information content (AvgIpc) is 2.33. The molecule has 2 atom stereocenters. The Bertz CT molecular complexity index is 372. The van der Waals surface area contributed by atoms with Gasteiger partial charge in [0.25, 0.3) is 0 Å². The van der Waals surface area contributed by atoms with Crippen molar-refractivity contribution in [2.24, 2.45) is 5.41 Å². The first-order valence-electron chi connectivity index (χ1n) is 6.18. The molecule has 2 unspecified atom stereocenters. The summed E-state index contributed by atoms with van der Waals surface area (Å²) in [5.74, 6) is 0.938. The van der Waals surface area contributed by atoms with Crippen molar-refractivity contribution in [1.29, 1.82) is 0 Å². The molecule has 1 aromatic carbocycles. The van der Waals surface area contributed by atoms with Gasteiger partial charge < -0.3 is 4.74 Å². The van der Waals surface area contributed by atoms with Crippen molar-refractivity contribution in [2.75, 3.05) is 0 Å². The molecule has 0 aliphatic heterocycles. The number of hydrogen-bond donors (Lipinski definition) is 0. The van der Waals surface area contributed by atoms with Gasteiger partial charge in [-0.2, -0.15) is 0 Å². The molecule has 0 saturated heterocycles. The molecule has 1 aliphatic carbocycles. The van der Waals surface area contributed by atoms with Gasteiger partial charge in [0, 0.05) is 21.7 Å². The molecule has 17 heavy (non-hydrogen) atoms. The van der Waals surface area contributed by atoms with Crippen LogP contribution < -0.4 is 4.74 Å². The molecule has 0 aromatic heterocycles. The Labute approximate surface area is 117 Å². The summed E-state index contributed by atoms with van der Waals surface area (Å²) in [6.45, 7) is 4.41. The monoisotopic (exact) mass is 316 g/mol. The Hall–Kier alpha value is -0.210. The van der Waals surface area contributed by atoms with Gasteiger partial charge in [-0.05, 0) is 37.1 Å². The average molecular weight is 318 g/mol. The van der Waals surface area contributed by atoms with Crippen molar-refractivity contribution in [1.82, 2.24) is 0 Å².